The second kappa shape index (κ2) is 6.58. The second-order valence-electron chi connectivity index (χ2n) is 4.81. The van der Waals surface area contributed by atoms with Crippen molar-refractivity contribution in [1.29, 1.82) is 0 Å². The van der Waals surface area contributed by atoms with E-state index in [0.29, 0.717) is 16.1 Å². The van der Waals surface area contributed by atoms with Gasteiger partial charge in [-0.05, 0) is 30.2 Å². The Balaban J connectivity index is 2.41. The van der Waals surface area contributed by atoms with Crippen LogP contribution in [0.15, 0.2) is 36.4 Å². The van der Waals surface area contributed by atoms with Crippen LogP contribution < -0.4 is 4.74 Å². The third kappa shape index (κ3) is 3.43. The summed E-state index contributed by atoms with van der Waals surface area (Å²) >= 11 is 5.96. The van der Waals surface area contributed by atoms with Gasteiger partial charge in [-0.1, -0.05) is 23.7 Å². The predicted molar refractivity (Wildman–Crippen MR) is 81.9 cm³/mol. The molecule has 0 amide bonds. The molecule has 2 rings (SSSR count). The van der Waals surface area contributed by atoms with Gasteiger partial charge in [-0.2, -0.15) is 0 Å². The molecule has 1 unspecified atom stereocenters. The van der Waals surface area contributed by atoms with Crippen LogP contribution in [0.4, 0.5) is 0 Å². The van der Waals surface area contributed by atoms with Gasteiger partial charge in [0, 0.05) is 16.7 Å². The monoisotopic (exact) mass is 322 g/mol. The third-order valence-electron chi connectivity index (χ3n) is 3.33. The number of phenolic OH excluding ortho intramolecular Hbond substituents is 2. The van der Waals surface area contributed by atoms with Gasteiger partial charge in [-0.3, -0.25) is 4.79 Å². The van der Waals surface area contributed by atoms with E-state index in [1.165, 1.54) is 31.4 Å². The highest BCUT2D eigenvalue weighted by Crippen LogP contribution is 2.36. The Hall–Kier alpha value is -2.40. The van der Waals surface area contributed by atoms with E-state index in [2.05, 4.69) is 0 Å². The fraction of sp³-hybridized carbons (Fsp3) is 0.188. The molecule has 0 aliphatic heterocycles. The molecule has 1 atom stereocenters. The summed E-state index contributed by atoms with van der Waals surface area (Å²) in [6.45, 7) is 0. The van der Waals surface area contributed by atoms with E-state index < -0.39 is 11.9 Å². The molecule has 0 aliphatic carbocycles. The predicted octanol–water partition coefficient (Wildman–Crippen LogP) is 3.17. The summed E-state index contributed by atoms with van der Waals surface area (Å²) in [4.78, 5) is 11.5. The highest BCUT2D eigenvalue weighted by atomic mass is 35.5. The number of rotatable bonds is 5. The molecular formula is C16H15ClO5. The van der Waals surface area contributed by atoms with E-state index in [0.717, 1.165) is 0 Å². The molecule has 5 nitrogen and oxygen atoms in total. The van der Waals surface area contributed by atoms with Crippen molar-refractivity contribution in [2.75, 3.05) is 7.11 Å². The lowest BCUT2D eigenvalue weighted by Gasteiger charge is -2.16. The van der Waals surface area contributed by atoms with Crippen LogP contribution in [0, 0.1) is 0 Å². The maximum Gasteiger partial charge on any atom is 0.311 e. The second-order valence-corrected chi connectivity index (χ2v) is 5.24. The van der Waals surface area contributed by atoms with Crippen LogP contribution in [0.3, 0.4) is 0 Å². The summed E-state index contributed by atoms with van der Waals surface area (Å²) < 4.78 is 5.01. The smallest absolute Gasteiger partial charge is 0.311 e. The van der Waals surface area contributed by atoms with Gasteiger partial charge in [-0.15, -0.1) is 0 Å². The van der Waals surface area contributed by atoms with Gasteiger partial charge in [0.25, 0.3) is 0 Å². The normalized spacial score (nSPS) is 11.9. The Kier molecular flexibility index (Phi) is 4.78. The largest absolute Gasteiger partial charge is 0.508 e. The standard InChI is InChI=1S/C16H15ClO5/c1-22-14-8-11(17)5-10(15(14)19)7-13(16(20)21)9-3-2-4-12(18)6-9/h2-6,8,13,18-19H,7H2,1H3,(H,20,21). The number of phenols is 2. The van der Waals surface area contributed by atoms with E-state index in [4.69, 9.17) is 16.3 Å². The molecule has 0 bridgehead atoms. The Labute approximate surface area is 132 Å². The van der Waals surface area contributed by atoms with Crippen LogP contribution in [0.2, 0.25) is 5.02 Å². The van der Waals surface area contributed by atoms with Crippen molar-refractivity contribution in [2.24, 2.45) is 0 Å². The topological polar surface area (TPSA) is 87.0 Å². The molecule has 2 aromatic rings. The molecule has 0 spiro atoms. The molecule has 0 aliphatic rings. The van der Waals surface area contributed by atoms with Crippen molar-refractivity contribution in [2.45, 2.75) is 12.3 Å². The number of hydrogen-bond donors (Lipinski definition) is 3. The molecular weight excluding hydrogens is 308 g/mol. The summed E-state index contributed by atoms with van der Waals surface area (Å²) in [6.07, 6.45) is 0.0154. The first-order chi connectivity index (χ1) is 10.4. The molecule has 22 heavy (non-hydrogen) atoms. The van der Waals surface area contributed by atoms with E-state index in [9.17, 15) is 20.1 Å². The van der Waals surface area contributed by atoms with Crippen LogP contribution in [0.5, 0.6) is 17.2 Å². The Morgan fingerprint density at radius 2 is 2.00 bits per heavy atom. The first-order valence-electron chi connectivity index (χ1n) is 6.49. The minimum Gasteiger partial charge on any atom is -0.508 e. The number of aliphatic carboxylic acids is 1. The quantitative estimate of drug-likeness (QED) is 0.787. The van der Waals surface area contributed by atoms with Crippen LogP contribution >= 0.6 is 11.6 Å². The molecule has 116 valence electrons. The minimum atomic E-state index is -1.07. The number of carboxylic acids is 1. The first-order valence-corrected chi connectivity index (χ1v) is 6.87. The van der Waals surface area contributed by atoms with Gasteiger partial charge < -0.3 is 20.1 Å². The number of ether oxygens (including phenoxy) is 1. The fourth-order valence-corrected chi connectivity index (χ4v) is 2.48. The maximum absolute atomic E-state index is 11.5. The van der Waals surface area contributed by atoms with Crippen molar-refractivity contribution in [3.63, 3.8) is 0 Å². The average molecular weight is 323 g/mol. The van der Waals surface area contributed by atoms with Gasteiger partial charge >= 0.3 is 5.97 Å². The highest BCUT2D eigenvalue weighted by molar-refractivity contribution is 6.30. The zero-order valence-electron chi connectivity index (χ0n) is 11.8. The van der Waals surface area contributed by atoms with Crippen molar-refractivity contribution in [3.05, 3.63) is 52.5 Å². The Morgan fingerprint density at radius 1 is 1.27 bits per heavy atom. The molecule has 3 N–H and O–H groups in total. The zero-order chi connectivity index (χ0) is 16.3. The third-order valence-corrected chi connectivity index (χ3v) is 3.55. The summed E-state index contributed by atoms with van der Waals surface area (Å²) in [5, 5.41) is 29.4. The van der Waals surface area contributed by atoms with E-state index in [1.807, 2.05) is 0 Å². The summed E-state index contributed by atoms with van der Waals surface area (Å²) in [7, 11) is 1.39. The molecule has 0 radical (unpaired) electrons. The van der Waals surface area contributed by atoms with Crippen molar-refractivity contribution < 1.29 is 24.9 Å². The van der Waals surface area contributed by atoms with Crippen molar-refractivity contribution in [3.8, 4) is 17.2 Å². The lowest BCUT2D eigenvalue weighted by atomic mass is 9.91. The molecule has 6 heteroatoms. The molecule has 0 heterocycles. The first kappa shape index (κ1) is 16.0. The molecule has 0 saturated carbocycles. The number of hydrogen-bond acceptors (Lipinski definition) is 4. The molecule has 2 aromatic carbocycles. The van der Waals surface area contributed by atoms with Crippen LogP contribution in [0.1, 0.15) is 17.0 Å². The molecule has 0 aromatic heterocycles. The molecule has 0 fully saturated rings. The highest BCUT2D eigenvalue weighted by Gasteiger charge is 2.23. The number of aromatic hydroxyl groups is 2. The number of carbonyl (C=O) groups is 1. The Morgan fingerprint density at radius 3 is 2.59 bits per heavy atom. The van der Waals surface area contributed by atoms with Crippen LogP contribution in [-0.2, 0) is 11.2 Å². The van der Waals surface area contributed by atoms with Gasteiger partial charge in [0.15, 0.2) is 11.5 Å². The summed E-state index contributed by atoms with van der Waals surface area (Å²) in [6, 6.07) is 8.97. The van der Waals surface area contributed by atoms with Crippen molar-refractivity contribution >= 4 is 17.6 Å². The van der Waals surface area contributed by atoms with Gasteiger partial charge in [0.05, 0.1) is 13.0 Å². The van der Waals surface area contributed by atoms with Gasteiger partial charge in [0.2, 0.25) is 0 Å². The lowest BCUT2D eigenvalue weighted by Crippen LogP contribution is -2.14. The number of carboxylic acid groups (broad SMARTS) is 1. The van der Waals surface area contributed by atoms with E-state index in [-0.39, 0.29) is 23.7 Å². The fourth-order valence-electron chi connectivity index (χ4n) is 2.25. The van der Waals surface area contributed by atoms with Crippen molar-refractivity contribution in [1.82, 2.24) is 0 Å². The van der Waals surface area contributed by atoms with E-state index in [1.54, 1.807) is 12.1 Å². The van der Waals surface area contributed by atoms with Gasteiger partial charge in [0.1, 0.15) is 5.75 Å². The zero-order valence-corrected chi connectivity index (χ0v) is 12.5. The SMILES string of the molecule is COc1cc(Cl)cc(CC(C(=O)O)c2cccc(O)c2)c1O. The lowest BCUT2D eigenvalue weighted by molar-refractivity contribution is -0.138. The summed E-state index contributed by atoms with van der Waals surface area (Å²) in [5.41, 5.74) is 0.797. The maximum atomic E-state index is 11.5. The van der Waals surface area contributed by atoms with Crippen LogP contribution in [0.25, 0.3) is 0 Å². The Bertz CT molecular complexity index is 699. The molecule has 0 saturated heterocycles. The minimum absolute atomic E-state index is 0.0154. The average Bonchev–Trinajstić information content (AvgIpc) is 2.47. The number of benzene rings is 2. The van der Waals surface area contributed by atoms with Gasteiger partial charge in [-0.25, -0.2) is 0 Å². The van der Waals surface area contributed by atoms with E-state index >= 15 is 0 Å². The summed E-state index contributed by atoms with van der Waals surface area (Å²) in [5.74, 6) is -1.97. The number of methoxy groups -OCH3 is 1. The van der Waals surface area contributed by atoms with Crippen LogP contribution in [-0.4, -0.2) is 28.4 Å². The number of halogens is 1.